The van der Waals surface area contributed by atoms with Gasteiger partial charge in [0.25, 0.3) is 5.91 Å². The molecule has 0 spiro atoms. The summed E-state index contributed by atoms with van der Waals surface area (Å²) >= 11 is 6.01. The van der Waals surface area contributed by atoms with Gasteiger partial charge in [0.15, 0.2) is 6.61 Å². The molecule has 6 nitrogen and oxygen atoms in total. The van der Waals surface area contributed by atoms with Crippen molar-refractivity contribution in [2.24, 2.45) is 0 Å². The molecule has 0 radical (unpaired) electrons. The van der Waals surface area contributed by atoms with Crippen molar-refractivity contribution in [1.82, 2.24) is 4.31 Å². The van der Waals surface area contributed by atoms with Crippen molar-refractivity contribution in [3.63, 3.8) is 0 Å². The second-order valence-corrected chi connectivity index (χ2v) is 9.15. The highest BCUT2D eigenvalue weighted by Crippen LogP contribution is 2.25. The van der Waals surface area contributed by atoms with Crippen LogP contribution in [0.25, 0.3) is 0 Å². The van der Waals surface area contributed by atoms with Crippen LogP contribution in [0.1, 0.15) is 24.5 Å². The van der Waals surface area contributed by atoms with Crippen molar-refractivity contribution in [2.75, 3.05) is 24.2 Å². The fourth-order valence-corrected chi connectivity index (χ4v) is 4.81. The van der Waals surface area contributed by atoms with Crippen LogP contribution in [0.4, 0.5) is 5.69 Å². The van der Waals surface area contributed by atoms with Gasteiger partial charge in [-0.25, -0.2) is 8.42 Å². The first-order valence-electron chi connectivity index (χ1n) is 9.16. The zero-order valence-electron chi connectivity index (χ0n) is 15.7. The molecule has 0 aromatic heterocycles. The molecule has 2 aromatic carbocycles. The van der Waals surface area contributed by atoms with Crippen LogP contribution in [-0.4, -0.2) is 37.5 Å². The molecule has 0 unspecified atom stereocenters. The number of para-hydroxylation sites is 1. The van der Waals surface area contributed by atoms with Crippen LogP contribution in [0.15, 0.2) is 42.5 Å². The number of carbonyl (C=O) groups is 1. The molecule has 1 aliphatic heterocycles. The molecule has 28 heavy (non-hydrogen) atoms. The third kappa shape index (κ3) is 5.04. The number of carbonyl (C=O) groups excluding carboxylic acids is 1. The van der Waals surface area contributed by atoms with Gasteiger partial charge >= 0.3 is 0 Å². The van der Waals surface area contributed by atoms with Gasteiger partial charge in [0.2, 0.25) is 10.0 Å². The van der Waals surface area contributed by atoms with Crippen molar-refractivity contribution in [1.29, 1.82) is 0 Å². The number of rotatable bonds is 7. The summed E-state index contributed by atoms with van der Waals surface area (Å²) in [5, 5.41) is 3.23. The van der Waals surface area contributed by atoms with E-state index in [4.69, 9.17) is 16.3 Å². The maximum absolute atomic E-state index is 12.3. The molecule has 0 atom stereocenters. The molecule has 0 fully saturated rings. The van der Waals surface area contributed by atoms with E-state index in [1.807, 2.05) is 25.1 Å². The molecular formula is C20H23ClN2O4S. The Labute approximate surface area is 170 Å². The largest absolute Gasteiger partial charge is 0.482 e. The minimum Gasteiger partial charge on any atom is -0.482 e. The van der Waals surface area contributed by atoms with Crippen molar-refractivity contribution < 1.29 is 17.9 Å². The Bertz CT molecular complexity index is 962. The number of hydrogen-bond acceptors (Lipinski definition) is 4. The number of sulfonamides is 1. The van der Waals surface area contributed by atoms with Gasteiger partial charge in [-0.15, -0.1) is 0 Å². The minimum absolute atomic E-state index is 0.151. The first kappa shape index (κ1) is 20.6. The number of fused-ring (bicyclic) bond motifs is 1. The Morgan fingerprint density at radius 3 is 2.75 bits per heavy atom. The number of ether oxygens (including phenoxy) is 1. The molecule has 1 aliphatic rings. The number of nitrogens with zero attached hydrogens (tertiary/aromatic N) is 1. The van der Waals surface area contributed by atoms with E-state index in [0.29, 0.717) is 42.4 Å². The molecule has 2 aromatic rings. The van der Waals surface area contributed by atoms with Gasteiger partial charge in [0.05, 0.1) is 10.8 Å². The van der Waals surface area contributed by atoms with E-state index in [1.54, 1.807) is 24.3 Å². The quantitative estimate of drug-likeness (QED) is 0.741. The fourth-order valence-electron chi connectivity index (χ4n) is 3.14. The van der Waals surface area contributed by atoms with Gasteiger partial charge in [0, 0.05) is 18.8 Å². The Morgan fingerprint density at radius 1 is 1.21 bits per heavy atom. The molecule has 3 rings (SSSR count). The third-order valence-corrected chi connectivity index (χ3v) is 6.85. The zero-order chi connectivity index (χ0) is 20.1. The molecule has 0 saturated heterocycles. The lowest BCUT2D eigenvalue weighted by atomic mass is 10.0. The molecule has 1 heterocycles. The summed E-state index contributed by atoms with van der Waals surface area (Å²) in [7, 11) is -3.24. The maximum atomic E-state index is 12.3. The summed E-state index contributed by atoms with van der Waals surface area (Å²) in [5.41, 5.74) is 2.63. The summed E-state index contributed by atoms with van der Waals surface area (Å²) in [6, 6.07) is 12.5. The summed E-state index contributed by atoms with van der Waals surface area (Å²) in [6.45, 7) is 2.51. The SMILES string of the molecule is CCCS(=O)(=O)N1CCc2ccc(NC(=O)COc3ccccc3Cl)cc2C1. The van der Waals surface area contributed by atoms with E-state index in [9.17, 15) is 13.2 Å². The number of benzene rings is 2. The zero-order valence-corrected chi connectivity index (χ0v) is 17.2. The number of hydrogen-bond donors (Lipinski definition) is 1. The predicted molar refractivity (Wildman–Crippen MR) is 110 cm³/mol. The van der Waals surface area contributed by atoms with Crippen molar-refractivity contribution in [3.8, 4) is 5.75 Å². The van der Waals surface area contributed by atoms with Crippen LogP contribution in [-0.2, 0) is 27.8 Å². The van der Waals surface area contributed by atoms with E-state index in [0.717, 1.165) is 11.1 Å². The Morgan fingerprint density at radius 2 is 2.00 bits per heavy atom. The molecular weight excluding hydrogens is 400 g/mol. The minimum atomic E-state index is -3.24. The third-order valence-electron chi connectivity index (χ3n) is 4.52. The van der Waals surface area contributed by atoms with Crippen LogP contribution >= 0.6 is 11.6 Å². The number of halogens is 1. The lowest BCUT2D eigenvalue weighted by Crippen LogP contribution is -2.37. The fraction of sp³-hybridized carbons (Fsp3) is 0.350. The monoisotopic (exact) mass is 422 g/mol. The van der Waals surface area contributed by atoms with E-state index in [2.05, 4.69) is 5.32 Å². The second kappa shape index (κ2) is 8.94. The van der Waals surface area contributed by atoms with Crippen molar-refractivity contribution in [2.45, 2.75) is 26.3 Å². The van der Waals surface area contributed by atoms with Gasteiger partial charge in [0.1, 0.15) is 5.75 Å². The van der Waals surface area contributed by atoms with Crippen LogP contribution < -0.4 is 10.1 Å². The Balaban J connectivity index is 1.63. The Kier molecular flexibility index (Phi) is 6.59. The molecule has 0 bridgehead atoms. The van der Waals surface area contributed by atoms with Gasteiger partial charge in [-0.1, -0.05) is 36.7 Å². The summed E-state index contributed by atoms with van der Waals surface area (Å²) in [5.74, 6) is 0.283. The highest BCUT2D eigenvalue weighted by molar-refractivity contribution is 7.89. The standard InChI is InChI=1S/C20H23ClN2O4S/c1-2-11-28(25,26)23-10-9-15-7-8-17(12-16(15)13-23)22-20(24)14-27-19-6-4-3-5-18(19)21/h3-8,12H,2,9-11,13-14H2,1H3,(H,22,24). The van der Waals surface area contributed by atoms with Gasteiger partial charge in [-0.2, -0.15) is 4.31 Å². The van der Waals surface area contributed by atoms with Crippen LogP contribution in [0.2, 0.25) is 5.02 Å². The van der Waals surface area contributed by atoms with Crippen LogP contribution in [0.3, 0.4) is 0 Å². The van der Waals surface area contributed by atoms with Gasteiger partial charge in [-0.05, 0) is 48.2 Å². The molecule has 0 saturated carbocycles. The van der Waals surface area contributed by atoms with Gasteiger partial charge < -0.3 is 10.1 Å². The van der Waals surface area contributed by atoms with Crippen LogP contribution in [0, 0.1) is 0 Å². The molecule has 1 N–H and O–H groups in total. The molecule has 8 heteroatoms. The number of nitrogens with one attached hydrogen (secondary N) is 1. The molecule has 0 aliphatic carbocycles. The van der Waals surface area contributed by atoms with E-state index in [-0.39, 0.29) is 18.3 Å². The van der Waals surface area contributed by atoms with Gasteiger partial charge in [-0.3, -0.25) is 4.79 Å². The number of anilines is 1. The normalized spacial score (nSPS) is 14.4. The highest BCUT2D eigenvalue weighted by Gasteiger charge is 2.26. The summed E-state index contributed by atoms with van der Waals surface area (Å²) in [6.07, 6.45) is 1.26. The van der Waals surface area contributed by atoms with E-state index >= 15 is 0 Å². The Hall–Kier alpha value is -2.09. The lowest BCUT2D eigenvalue weighted by molar-refractivity contribution is -0.118. The van der Waals surface area contributed by atoms with E-state index < -0.39 is 10.0 Å². The van der Waals surface area contributed by atoms with E-state index in [1.165, 1.54) is 4.31 Å². The van der Waals surface area contributed by atoms with Crippen LogP contribution in [0.5, 0.6) is 5.75 Å². The predicted octanol–water partition coefficient (Wildman–Crippen LogP) is 3.46. The average Bonchev–Trinajstić information content (AvgIpc) is 2.67. The maximum Gasteiger partial charge on any atom is 0.262 e. The number of amides is 1. The molecule has 1 amide bonds. The second-order valence-electron chi connectivity index (χ2n) is 6.65. The van der Waals surface area contributed by atoms with Crippen molar-refractivity contribution in [3.05, 3.63) is 58.6 Å². The molecule has 150 valence electrons. The summed E-state index contributed by atoms with van der Waals surface area (Å²) < 4.78 is 31.6. The highest BCUT2D eigenvalue weighted by atomic mass is 35.5. The topological polar surface area (TPSA) is 75.7 Å². The lowest BCUT2D eigenvalue weighted by Gasteiger charge is -2.28. The smallest absolute Gasteiger partial charge is 0.262 e. The van der Waals surface area contributed by atoms with Crippen molar-refractivity contribution >= 4 is 33.2 Å². The average molecular weight is 423 g/mol. The first-order chi connectivity index (χ1) is 13.4. The first-order valence-corrected chi connectivity index (χ1v) is 11.1. The summed E-state index contributed by atoms with van der Waals surface area (Å²) in [4.78, 5) is 12.2.